The van der Waals surface area contributed by atoms with Crippen LogP contribution in [0.5, 0.6) is 5.75 Å². The number of hydrogen-bond acceptors (Lipinski definition) is 6. The van der Waals surface area contributed by atoms with Gasteiger partial charge >= 0.3 is 0 Å². The highest BCUT2D eigenvalue weighted by Gasteiger charge is 2.37. The molecule has 0 aliphatic carbocycles. The third-order valence-electron chi connectivity index (χ3n) is 7.17. The number of hydrogen-bond donors (Lipinski definition) is 1. The summed E-state index contributed by atoms with van der Waals surface area (Å²) < 4.78 is 21.6. The predicted molar refractivity (Wildman–Crippen MR) is 128 cm³/mol. The number of nitrogens with zero attached hydrogens (tertiary/aromatic N) is 6. The monoisotopic (exact) mass is 475 g/mol. The van der Waals surface area contributed by atoms with Crippen LogP contribution in [0.4, 0.5) is 4.39 Å². The van der Waals surface area contributed by atoms with Gasteiger partial charge in [0.05, 0.1) is 25.0 Å². The molecule has 0 unspecified atom stereocenters. The van der Waals surface area contributed by atoms with E-state index >= 15 is 0 Å². The molecule has 35 heavy (non-hydrogen) atoms. The van der Waals surface area contributed by atoms with E-state index in [9.17, 15) is 9.18 Å². The van der Waals surface area contributed by atoms with Crippen LogP contribution in [0.3, 0.4) is 0 Å². The molecule has 0 spiro atoms. The molecule has 2 saturated heterocycles. The first-order valence-corrected chi connectivity index (χ1v) is 11.8. The molecule has 0 bridgehead atoms. The van der Waals surface area contributed by atoms with Crippen molar-refractivity contribution >= 4 is 16.9 Å². The number of aromatic nitrogens is 5. The Morgan fingerprint density at radius 1 is 1.14 bits per heavy atom. The van der Waals surface area contributed by atoms with E-state index in [0.29, 0.717) is 25.2 Å². The Hall–Kier alpha value is -3.79. The molecule has 4 aromatic rings. The summed E-state index contributed by atoms with van der Waals surface area (Å²) in [4.78, 5) is 29.0. The van der Waals surface area contributed by atoms with E-state index in [4.69, 9.17) is 4.74 Å². The van der Waals surface area contributed by atoms with E-state index in [1.165, 1.54) is 13.2 Å². The van der Waals surface area contributed by atoms with Gasteiger partial charge in [0.15, 0.2) is 0 Å². The molecule has 1 aromatic carbocycles. The summed E-state index contributed by atoms with van der Waals surface area (Å²) in [6, 6.07) is 7.18. The number of likely N-dealkylation sites (tertiary alicyclic amines) is 2. The van der Waals surface area contributed by atoms with Crippen molar-refractivity contribution in [3.63, 3.8) is 0 Å². The molecule has 2 aliphatic rings. The molecular formula is C25H26FN7O2. The van der Waals surface area contributed by atoms with Crippen molar-refractivity contribution in [3.05, 3.63) is 60.6 Å². The van der Waals surface area contributed by atoms with E-state index in [2.05, 4.69) is 31.1 Å². The lowest BCUT2D eigenvalue weighted by molar-refractivity contribution is 0.0196. The molecule has 3 aromatic heterocycles. The Balaban J connectivity index is 1.06. The van der Waals surface area contributed by atoms with Gasteiger partial charge in [0.25, 0.3) is 5.91 Å². The highest BCUT2D eigenvalue weighted by molar-refractivity contribution is 5.97. The highest BCUT2D eigenvalue weighted by atomic mass is 19.1. The van der Waals surface area contributed by atoms with Gasteiger partial charge in [-0.3, -0.25) is 14.4 Å². The second-order valence-electron chi connectivity index (χ2n) is 9.12. The molecule has 2 aliphatic heterocycles. The Kier molecular flexibility index (Phi) is 5.44. The minimum absolute atomic E-state index is 0.0209. The zero-order valence-corrected chi connectivity index (χ0v) is 19.4. The minimum Gasteiger partial charge on any atom is -0.496 e. The molecule has 1 amide bonds. The van der Waals surface area contributed by atoms with Crippen LogP contribution in [0.25, 0.3) is 22.3 Å². The maximum absolute atomic E-state index is 14.3. The number of carbonyl (C=O) groups excluding carboxylic acids is 1. The standard InChI is InChI=1S/C25H26FN7O2/c1-35-21-4-2-3-20(26)22(21)25(34)31-9-6-17(7-10-31)32-13-18(14-32)33-12-16(11-30-33)23-19-5-8-27-24(19)29-15-28-23/h2-5,8,11-12,15,17-18H,6-7,9-10,13-14H2,1H3,(H,27,28,29). The first kappa shape index (κ1) is 21.7. The number of nitrogens with one attached hydrogen (secondary N) is 1. The summed E-state index contributed by atoms with van der Waals surface area (Å²) in [5.41, 5.74) is 2.69. The third kappa shape index (κ3) is 3.83. The van der Waals surface area contributed by atoms with E-state index < -0.39 is 5.82 Å². The molecular weight excluding hydrogens is 449 g/mol. The van der Waals surface area contributed by atoms with E-state index in [0.717, 1.165) is 48.2 Å². The molecule has 5 heterocycles. The highest BCUT2D eigenvalue weighted by Crippen LogP contribution is 2.31. The molecule has 6 rings (SSSR count). The van der Waals surface area contributed by atoms with Gasteiger partial charge in [-0.25, -0.2) is 14.4 Å². The van der Waals surface area contributed by atoms with Crippen LogP contribution in [0.15, 0.2) is 49.2 Å². The van der Waals surface area contributed by atoms with Gasteiger partial charge in [-0.1, -0.05) is 6.07 Å². The number of ether oxygens (including phenoxy) is 1. The number of rotatable bonds is 5. The molecule has 0 atom stereocenters. The summed E-state index contributed by atoms with van der Waals surface area (Å²) in [6.07, 6.45) is 9.08. The average molecular weight is 476 g/mol. The second kappa shape index (κ2) is 8.77. The lowest BCUT2D eigenvalue weighted by Gasteiger charge is -2.47. The predicted octanol–water partition coefficient (Wildman–Crippen LogP) is 3.13. The number of methoxy groups -OCH3 is 1. The van der Waals surface area contributed by atoms with Gasteiger partial charge in [-0.2, -0.15) is 5.10 Å². The van der Waals surface area contributed by atoms with Gasteiger partial charge in [-0.15, -0.1) is 0 Å². The lowest BCUT2D eigenvalue weighted by Crippen LogP contribution is -2.56. The van der Waals surface area contributed by atoms with Gasteiger partial charge in [0.1, 0.15) is 29.1 Å². The van der Waals surface area contributed by atoms with Crippen LogP contribution in [-0.2, 0) is 0 Å². The Morgan fingerprint density at radius 3 is 2.77 bits per heavy atom. The van der Waals surface area contributed by atoms with Crippen molar-refractivity contribution in [3.8, 4) is 17.0 Å². The summed E-state index contributed by atoms with van der Waals surface area (Å²) in [5, 5.41) is 5.58. The lowest BCUT2D eigenvalue weighted by atomic mass is 9.97. The van der Waals surface area contributed by atoms with Crippen molar-refractivity contribution in [1.82, 2.24) is 34.5 Å². The number of amides is 1. The van der Waals surface area contributed by atoms with E-state index in [-0.39, 0.29) is 17.2 Å². The molecule has 9 nitrogen and oxygen atoms in total. The van der Waals surface area contributed by atoms with Crippen LogP contribution in [0, 0.1) is 5.82 Å². The third-order valence-corrected chi connectivity index (χ3v) is 7.17. The van der Waals surface area contributed by atoms with E-state index in [1.807, 2.05) is 23.1 Å². The van der Waals surface area contributed by atoms with Gasteiger partial charge in [-0.05, 0) is 31.0 Å². The smallest absolute Gasteiger partial charge is 0.260 e. The van der Waals surface area contributed by atoms with Gasteiger partial charge in [0, 0.05) is 55.6 Å². The Labute approximate surface area is 201 Å². The maximum Gasteiger partial charge on any atom is 0.260 e. The zero-order chi connectivity index (χ0) is 23.9. The molecule has 0 saturated carbocycles. The SMILES string of the molecule is COc1cccc(F)c1C(=O)N1CCC(N2CC(n3cc(-c4ncnc5[nH]ccc45)cn3)C2)CC1. The van der Waals surface area contributed by atoms with Crippen LogP contribution in [0.2, 0.25) is 0 Å². The van der Waals surface area contributed by atoms with Gasteiger partial charge in [0.2, 0.25) is 0 Å². The average Bonchev–Trinajstić information content (AvgIpc) is 3.53. The van der Waals surface area contributed by atoms with Crippen molar-refractivity contribution < 1.29 is 13.9 Å². The number of halogens is 1. The molecule has 0 radical (unpaired) electrons. The molecule has 10 heteroatoms. The van der Waals surface area contributed by atoms with Crippen LogP contribution in [0.1, 0.15) is 29.2 Å². The van der Waals surface area contributed by atoms with Gasteiger partial charge < -0.3 is 14.6 Å². The minimum atomic E-state index is -0.542. The maximum atomic E-state index is 14.3. The van der Waals surface area contributed by atoms with Crippen LogP contribution < -0.4 is 4.74 Å². The Morgan fingerprint density at radius 2 is 1.97 bits per heavy atom. The fraction of sp³-hybridized carbons (Fsp3) is 0.360. The normalized spacial score (nSPS) is 17.6. The second-order valence-corrected chi connectivity index (χ2v) is 9.12. The number of aromatic amines is 1. The summed E-state index contributed by atoms with van der Waals surface area (Å²) in [5.74, 6) is -0.564. The Bertz CT molecular complexity index is 1370. The first-order valence-electron chi connectivity index (χ1n) is 11.8. The van der Waals surface area contributed by atoms with Crippen molar-refractivity contribution in [2.75, 3.05) is 33.3 Å². The number of fused-ring (bicyclic) bond motifs is 1. The van der Waals surface area contributed by atoms with E-state index in [1.54, 1.807) is 23.4 Å². The van der Waals surface area contributed by atoms with Crippen LogP contribution in [-0.4, -0.2) is 79.8 Å². The molecule has 180 valence electrons. The number of benzene rings is 1. The first-order chi connectivity index (χ1) is 17.1. The fourth-order valence-corrected chi connectivity index (χ4v) is 5.19. The topological polar surface area (TPSA) is 92.2 Å². The molecule has 1 N–H and O–H groups in total. The van der Waals surface area contributed by atoms with Crippen molar-refractivity contribution in [1.29, 1.82) is 0 Å². The summed E-state index contributed by atoms with van der Waals surface area (Å²) in [7, 11) is 1.45. The fourth-order valence-electron chi connectivity index (χ4n) is 5.19. The van der Waals surface area contributed by atoms with Crippen molar-refractivity contribution in [2.24, 2.45) is 0 Å². The summed E-state index contributed by atoms with van der Waals surface area (Å²) in [6.45, 7) is 3.05. The van der Waals surface area contributed by atoms with Crippen molar-refractivity contribution in [2.45, 2.75) is 24.9 Å². The molecule has 2 fully saturated rings. The quantitative estimate of drug-likeness (QED) is 0.477. The van der Waals surface area contributed by atoms with Crippen LogP contribution >= 0.6 is 0 Å². The largest absolute Gasteiger partial charge is 0.496 e. The number of carbonyl (C=O) groups is 1. The summed E-state index contributed by atoms with van der Waals surface area (Å²) >= 11 is 0. The zero-order valence-electron chi connectivity index (χ0n) is 19.4. The number of piperidine rings is 1. The number of H-pyrrole nitrogens is 1.